The smallest absolute Gasteiger partial charge is 0.259 e. The maximum Gasteiger partial charge on any atom is 0.259 e. The molecular weight excluding hydrogens is 671 g/mol. The Morgan fingerprint density at radius 2 is 1.44 bits per heavy atom. The first-order valence-electron chi connectivity index (χ1n) is 20.2. The number of thioether (sulfide) groups is 1. The van der Waals surface area contributed by atoms with Crippen molar-refractivity contribution in [2.24, 2.45) is 5.41 Å². The summed E-state index contributed by atoms with van der Waals surface area (Å²) in [5.41, 5.74) is 20.9. The molecule has 3 aliphatic heterocycles. The van der Waals surface area contributed by atoms with Crippen molar-refractivity contribution in [2.45, 2.75) is 96.7 Å². The average Bonchev–Trinajstić information content (AvgIpc) is 3.72. The van der Waals surface area contributed by atoms with Gasteiger partial charge < -0.3 is 9.47 Å². The lowest BCUT2D eigenvalue weighted by Crippen LogP contribution is -2.55. The normalized spacial score (nSPS) is 23.0. The van der Waals surface area contributed by atoms with Crippen LogP contribution in [0, 0.1) is 12.3 Å². The molecule has 5 aromatic carbocycles. The van der Waals surface area contributed by atoms with Crippen molar-refractivity contribution in [2.75, 3.05) is 4.90 Å². The Bertz CT molecular complexity index is 2640. The first-order valence-corrected chi connectivity index (χ1v) is 21.0. The van der Waals surface area contributed by atoms with Gasteiger partial charge in [0.1, 0.15) is 0 Å². The van der Waals surface area contributed by atoms with Crippen LogP contribution in [-0.2, 0) is 10.8 Å². The number of hydrogen-bond acceptors (Lipinski definition) is 2. The second kappa shape index (κ2) is 10.7. The fourth-order valence-electron chi connectivity index (χ4n) is 11.4. The summed E-state index contributed by atoms with van der Waals surface area (Å²) >= 11 is 2.24. The van der Waals surface area contributed by atoms with Gasteiger partial charge in [-0.2, -0.15) is 0 Å². The number of hydrogen-bond donors (Lipinski definition) is 0. The number of benzene rings is 5. The first kappa shape index (κ1) is 33.0. The minimum atomic E-state index is -0.127. The molecule has 4 heteroatoms. The molecule has 0 radical (unpaired) electrons. The van der Waals surface area contributed by atoms with Crippen LogP contribution in [0.4, 0.5) is 11.4 Å². The number of allylic oxidation sites excluding steroid dienone is 1. The van der Waals surface area contributed by atoms with Crippen molar-refractivity contribution in [1.82, 2.24) is 4.57 Å². The molecule has 2 aliphatic carbocycles. The number of fused-ring (bicyclic) bond motifs is 10. The molecule has 54 heavy (non-hydrogen) atoms. The molecule has 1 aromatic heterocycles. The molecule has 4 heterocycles. The van der Waals surface area contributed by atoms with Crippen LogP contribution in [0.15, 0.2) is 114 Å². The van der Waals surface area contributed by atoms with E-state index in [1.54, 1.807) is 10.5 Å². The highest BCUT2D eigenvalue weighted by molar-refractivity contribution is 8.06. The van der Waals surface area contributed by atoms with Gasteiger partial charge in [0.25, 0.3) is 6.71 Å². The zero-order valence-corrected chi connectivity index (χ0v) is 33.8. The molecule has 0 saturated heterocycles. The van der Waals surface area contributed by atoms with Gasteiger partial charge in [-0.3, -0.25) is 0 Å². The highest BCUT2D eigenvalue weighted by Gasteiger charge is 2.61. The van der Waals surface area contributed by atoms with Gasteiger partial charge in [0.05, 0.1) is 5.69 Å². The van der Waals surface area contributed by atoms with E-state index in [-0.39, 0.29) is 27.7 Å². The number of aryl methyl sites for hydroxylation is 1. The van der Waals surface area contributed by atoms with E-state index in [4.69, 9.17) is 0 Å². The van der Waals surface area contributed by atoms with Gasteiger partial charge in [-0.25, -0.2) is 0 Å². The van der Waals surface area contributed by atoms with E-state index in [2.05, 4.69) is 180 Å². The van der Waals surface area contributed by atoms with Gasteiger partial charge >= 0.3 is 0 Å². The van der Waals surface area contributed by atoms with Crippen LogP contribution in [0.5, 0.6) is 0 Å². The summed E-state index contributed by atoms with van der Waals surface area (Å²) in [7, 11) is 0. The van der Waals surface area contributed by atoms with Crippen LogP contribution >= 0.6 is 11.8 Å². The molecule has 0 amide bonds. The van der Waals surface area contributed by atoms with Crippen LogP contribution < -0.4 is 15.8 Å². The third kappa shape index (κ3) is 4.06. The Kier molecular flexibility index (Phi) is 6.51. The van der Waals surface area contributed by atoms with E-state index >= 15 is 0 Å². The number of anilines is 2. The summed E-state index contributed by atoms with van der Waals surface area (Å²) in [5, 5.41) is 1.41. The molecule has 11 rings (SSSR count). The lowest BCUT2D eigenvalue weighted by molar-refractivity contribution is 0.210. The van der Waals surface area contributed by atoms with Crippen molar-refractivity contribution < 1.29 is 0 Å². The third-order valence-electron chi connectivity index (χ3n) is 14.4. The first-order chi connectivity index (χ1) is 25.8. The largest absolute Gasteiger partial charge is 0.314 e. The topological polar surface area (TPSA) is 8.17 Å². The predicted molar refractivity (Wildman–Crippen MR) is 233 cm³/mol. The quantitative estimate of drug-likeness (QED) is 0.165. The molecule has 6 aromatic rings. The van der Waals surface area contributed by atoms with Gasteiger partial charge in [0.2, 0.25) is 0 Å². The Hall–Kier alpha value is -4.41. The molecule has 5 aliphatic rings. The standard InChI is InChI=1S/C50H49BN2S/c1-30-26-39-42-40(27-30)53-43-36(41-44(53)35-18-12-13-19-37(35)48(41,5)6)28-32(31-16-10-9-11-17-31)29-38(43)51(42)46-45(49(7)24-14-15-25-50(49,8)54-46)52(39)34-22-20-33(21-23-34)47(2,3)4/h9-13,16-23,26-29H,14-15,24-25H2,1-8H3. The second-order valence-electron chi connectivity index (χ2n) is 18.9. The van der Waals surface area contributed by atoms with E-state index in [0.29, 0.717) is 0 Å². The van der Waals surface area contributed by atoms with Crippen LogP contribution in [-0.4, -0.2) is 16.0 Å². The SMILES string of the molecule is Cc1cc2c3c(c1)-n1c4c(c5cc(-c6ccccc6)cc(c51)B3C1=C(N2c2ccc(C(C)(C)C)cc2)C2(C)CCCCC2(C)S1)C(C)(C)c1ccccc1-4. The van der Waals surface area contributed by atoms with E-state index in [9.17, 15) is 0 Å². The number of nitrogens with zero attached hydrogens (tertiary/aromatic N) is 2. The summed E-state index contributed by atoms with van der Waals surface area (Å²) < 4.78 is 2.85. The molecule has 0 N–H and O–H groups in total. The van der Waals surface area contributed by atoms with E-state index in [1.165, 1.54) is 109 Å². The summed E-state index contributed by atoms with van der Waals surface area (Å²) in [4.78, 5) is 4.33. The molecule has 0 spiro atoms. The molecule has 0 bridgehead atoms. The maximum absolute atomic E-state index is 2.75. The van der Waals surface area contributed by atoms with Gasteiger partial charge in [0, 0.05) is 54.8 Å². The second-order valence-corrected chi connectivity index (χ2v) is 20.5. The zero-order chi connectivity index (χ0) is 37.1. The lowest BCUT2D eigenvalue weighted by Gasteiger charge is -2.49. The van der Waals surface area contributed by atoms with E-state index in [1.807, 2.05) is 0 Å². The highest BCUT2D eigenvalue weighted by atomic mass is 32.2. The Morgan fingerprint density at radius 1 is 0.741 bits per heavy atom. The van der Waals surface area contributed by atoms with Crippen LogP contribution in [0.3, 0.4) is 0 Å². The molecule has 268 valence electrons. The maximum atomic E-state index is 2.75. The Balaban J connectivity index is 1.30. The minimum absolute atomic E-state index is 0.0494. The molecule has 1 saturated carbocycles. The summed E-state index contributed by atoms with van der Waals surface area (Å²) in [6.45, 7) is 19.6. The average molecular weight is 721 g/mol. The monoisotopic (exact) mass is 720 g/mol. The number of aromatic nitrogens is 1. The van der Waals surface area contributed by atoms with Gasteiger partial charge in [-0.15, -0.1) is 11.8 Å². The summed E-state index contributed by atoms with van der Waals surface area (Å²) in [5.74, 6) is 0. The Labute approximate surface area is 325 Å². The fourth-order valence-corrected chi connectivity index (χ4v) is 13.4. The van der Waals surface area contributed by atoms with Gasteiger partial charge in [0.15, 0.2) is 0 Å². The van der Waals surface area contributed by atoms with Gasteiger partial charge in [-0.05, 0) is 112 Å². The minimum Gasteiger partial charge on any atom is -0.314 e. The molecule has 2 unspecified atom stereocenters. The van der Waals surface area contributed by atoms with E-state index in [0.717, 1.165) is 0 Å². The highest BCUT2D eigenvalue weighted by Crippen LogP contribution is 2.68. The van der Waals surface area contributed by atoms with E-state index < -0.39 is 0 Å². The molecule has 1 fully saturated rings. The molecule has 2 atom stereocenters. The van der Waals surface area contributed by atoms with Crippen molar-refractivity contribution in [3.63, 3.8) is 0 Å². The van der Waals surface area contributed by atoms with Crippen molar-refractivity contribution in [3.8, 4) is 28.1 Å². The van der Waals surface area contributed by atoms with Gasteiger partial charge in [-0.1, -0.05) is 127 Å². The van der Waals surface area contributed by atoms with Crippen LogP contribution in [0.25, 0.3) is 39.0 Å². The summed E-state index contributed by atoms with van der Waals surface area (Å²) in [6, 6.07) is 40.1. The van der Waals surface area contributed by atoms with Crippen molar-refractivity contribution >= 4 is 51.7 Å². The zero-order valence-electron chi connectivity index (χ0n) is 33.0. The summed E-state index contributed by atoms with van der Waals surface area (Å²) in [6.07, 6.45) is 5.07. The predicted octanol–water partition coefficient (Wildman–Crippen LogP) is 12.1. The van der Waals surface area contributed by atoms with Crippen LogP contribution in [0.1, 0.15) is 96.4 Å². The number of rotatable bonds is 2. The molecule has 2 nitrogen and oxygen atoms in total. The van der Waals surface area contributed by atoms with Crippen molar-refractivity contribution in [1.29, 1.82) is 0 Å². The van der Waals surface area contributed by atoms with Crippen molar-refractivity contribution in [3.05, 3.63) is 136 Å². The van der Waals surface area contributed by atoms with Crippen LogP contribution in [0.2, 0.25) is 0 Å². The molecular formula is C50H49BN2S. The lowest BCUT2D eigenvalue weighted by atomic mass is 9.36. The Morgan fingerprint density at radius 3 is 2.20 bits per heavy atom. The fraction of sp³-hybridized carbons (Fsp3) is 0.320. The third-order valence-corrected chi connectivity index (χ3v) is 16.1.